The summed E-state index contributed by atoms with van der Waals surface area (Å²) in [6.45, 7) is 3.94. The summed E-state index contributed by atoms with van der Waals surface area (Å²) in [6, 6.07) is 17.0. The normalized spacial score (nSPS) is 11.1. The first-order valence-corrected chi connectivity index (χ1v) is 8.88. The molecule has 3 aromatic carbocycles. The Morgan fingerprint density at radius 3 is 2.52 bits per heavy atom. The van der Waals surface area contributed by atoms with E-state index in [-0.39, 0.29) is 5.56 Å². The molecule has 0 saturated heterocycles. The van der Waals surface area contributed by atoms with Gasteiger partial charge in [-0.1, -0.05) is 41.4 Å². The lowest BCUT2D eigenvalue weighted by molar-refractivity contribution is 0.629. The fraction of sp³-hybridized carbons (Fsp3) is 0.0909. The van der Waals surface area contributed by atoms with Gasteiger partial charge in [0.05, 0.1) is 21.6 Å². The minimum atomic E-state index is -0.441. The molecule has 4 rings (SSSR count). The molecule has 1 heterocycles. The van der Waals surface area contributed by atoms with Gasteiger partial charge in [0.25, 0.3) is 5.56 Å². The first-order chi connectivity index (χ1) is 13.0. The molecule has 134 valence electrons. The van der Waals surface area contributed by atoms with E-state index in [4.69, 9.17) is 11.6 Å². The summed E-state index contributed by atoms with van der Waals surface area (Å²) in [7, 11) is 0. The van der Waals surface area contributed by atoms with Crippen LogP contribution in [0.15, 0.2) is 65.5 Å². The van der Waals surface area contributed by atoms with Gasteiger partial charge in [0, 0.05) is 11.6 Å². The molecule has 0 bridgehead atoms. The molecule has 27 heavy (non-hydrogen) atoms. The zero-order valence-electron chi connectivity index (χ0n) is 14.8. The number of hydrogen-bond acceptors (Lipinski definition) is 2. The molecule has 0 N–H and O–H groups in total. The largest absolute Gasteiger partial charge is 0.268 e. The van der Waals surface area contributed by atoms with Gasteiger partial charge in [-0.05, 0) is 49.7 Å². The molecule has 0 saturated carbocycles. The van der Waals surface area contributed by atoms with Crippen molar-refractivity contribution < 1.29 is 4.39 Å². The van der Waals surface area contributed by atoms with Gasteiger partial charge < -0.3 is 0 Å². The molecule has 0 aliphatic carbocycles. The molecular weight excluding hydrogens is 363 g/mol. The summed E-state index contributed by atoms with van der Waals surface area (Å²) in [4.78, 5) is 17.9. The molecular formula is C22H16ClFN2O. The van der Waals surface area contributed by atoms with E-state index in [0.717, 1.165) is 16.8 Å². The minimum absolute atomic E-state index is 0.262. The highest BCUT2D eigenvalue weighted by Gasteiger charge is 2.18. The van der Waals surface area contributed by atoms with Gasteiger partial charge in [0.2, 0.25) is 0 Å². The van der Waals surface area contributed by atoms with Crippen molar-refractivity contribution >= 4 is 22.5 Å². The van der Waals surface area contributed by atoms with E-state index >= 15 is 0 Å². The van der Waals surface area contributed by atoms with Gasteiger partial charge in [-0.25, -0.2) is 9.37 Å². The molecule has 5 heteroatoms. The molecule has 4 aromatic rings. The van der Waals surface area contributed by atoms with E-state index in [1.807, 2.05) is 44.2 Å². The Hall–Kier alpha value is -2.98. The van der Waals surface area contributed by atoms with Gasteiger partial charge in [-0.15, -0.1) is 0 Å². The summed E-state index contributed by atoms with van der Waals surface area (Å²) >= 11 is 6.39. The Labute approximate surface area is 160 Å². The number of hydrogen-bond donors (Lipinski definition) is 0. The Kier molecular flexibility index (Phi) is 4.28. The van der Waals surface area contributed by atoms with Crippen LogP contribution in [0.1, 0.15) is 11.1 Å². The topological polar surface area (TPSA) is 34.9 Å². The maximum Gasteiger partial charge on any atom is 0.266 e. The van der Waals surface area contributed by atoms with E-state index in [1.165, 1.54) is 18.2 Å². The van der Waals surface area contributed by atoms with Crippen molar-refractivity contribution in [1.82, 2.24) is 9.55 Å². The van der Waals surface area contributed by atoms with Gasteiger partial charge in [-0.2, -0.15) is 0 Å². The number of aryl methyl sites for hydroxylation is 2. The van der Waals surface area contributed by atoms with Crippen molar-refractivity contribution in [2.24, 2.45) is 0 Å². The van der Waals surface area contributed by atoms with E-state index in [1.54, 1.807) is 16.7 Å². The highest BCUT2D eigenvalue weighted by molar-refractivity contribution is 6.33. The highest BCUT2D eigenvalue weighted by Crippen LogP contribution is 2.29. The lowest BCUT2D eigenvalue weighted by atomic mass is 10.1. The molecule has 0 aliphatic rings. The van der Waals surface area contributed by atoms with E-state index in [2.05, 4.69) is 4.98 Å². The molecule has 3 nitrogen and oxygen atoms in total. The van der Waals surface area contributed by atoms with Crippen molar-refractivity contribution in [3.8, 4) is 17.1 Å². The average molecular weight is 379 g/mol. The third kappa shape index (κ3) is 3.02. The second-order valence-corrected chi connectivity index (χ2v) is 6.91. The van der Waals surface area contributed by atoms with Crippen LogP contribution in [-0.4, -0.2) is 9.55 Å². The molecule has 1 aromatic heterocycles. The maximum atomic E-state index is 13.7. The van der Waals surface area contributed by atoms with Crippen molar-refractivity contribution in [3.63, 3.8) is 0 Å². The van der Waals surface area contributed by atoms with Gasteiger partial charge in [0.15, 0.2) is 0 Å². The third-order valence-corrected chi connectivity index (χ3v) is 4.87. The van der Waals surface area contributed by atoms with Crippen LogP contribution >= 0.6 is 11.6 Å². The van der Waals surface area contributed by atoms with Crippen LogP contribution in [-0.2, 0) is 0 Å². The zero-order chi connectivity index (χ0) is 19.1. The Morgan fingerprint density at radius 1 is 1.00 bits per heavy atom. The first-order valence-electron chi connectivity index (χ1n) is 8.50. The van der Waals surface area contributed by atoms with Crippen LogP contribution in [0.4, 0.5) is 4.39 Å². The highest BCUT2D eigenvalue weighted by atomic mass is 35.5. The number of nitrogens with zero attached hydrogens (tertiary/aromatic N) is 2. The van der Waals surface area contributed by atoms with Crippen LogP contribution in [0.3, 0.4) is 0 Å². The standard InChI is InChI=1S/C22H16ClFN2O/c1-13-7-10-20(14(2)11-13)26-21(16-5-3-4-6-18(16)23)25-19-12-15(24)8-9-17(19)22(26)27/h3-12H,1-2H3. The average Bonchev–Trinajstić information content (AvgIpc) is 2.63. The van der Waals surface area contributed by atoms with Crippen LogP contribution in [0, 0.1) is 19.7 Å². The second-order valence-electron chi connectivity index (χ2n) is 6.51. The number of aromatic nitrogens is 2. The SMILES string of the molecule is Cc1ccc(-n2c(-c3ccccc3Cl)nc3cc(F)ccc3c2=O)c(C)c1. The van der Waals surface area contributed by atoms with Gasteiger partial charge in [-0.3, -0.25) is 9.36 Å². The van der Waals surface area contributed by atoms with Crippen LogP contribution < -0.4 is 5.56 Å². The predicted molar refractivity (Wildman–Crippen MR) is 107 cm³/mol. The van der Waals surface area contributed by atoms with Crippen molar-refractivity contribution in [2.75, 3.05) is 0 Å². The molecule has 0 amide bonds. The molecule has 0 unspecified atom stereocenters. The Bertz CT molecular complexity index is 1250. The summed E-state index contributed by atoms with van der Waals surface area (Å²) in [5.74, 6) is -0.0561. The summed E-state index contributed by atoms with van der Waals surface area (Å²) in [5, 5.41) is 0.825. The summed E-state index contributed by atoms with van der Waals surface area (Å²) in [6.07, 6.45) is 0. The van der Waals surface area contributed by atoms with E-state index < -0.39 is 5.82 Å². The van der Waals surface area contributed by atoms with Crippen molar-refractivity contribution in [1.29, 1.82) is 0 Å². The van der Waals surface area contributed by atoms with Gasteiger partial charge in [0.1, 0.15) is 11.6 Å². The van der Waals surface area contributed by atoms with Crippen LogP contribution in [0.5, 0.6) is 0 Å². The minimum Gasteiger partial charge on any atom is -0.268 e. The third-order valence-electron chi connectivity index (χ3n) is 4.54. The van der Waals surface area contributed by atoms with E-state index in [9.17, 15) is 9.18 Å². The fourth-order valence-corrected chi connectivity index (χ4v) is 3.48. The predicted octanol–water partition coefficient (Wildman–Crippen LogP) is 5.46. The van der Waals surface area contributed by atoms with Crippen molar-refractivity contribution in [2.45, 2.75) is 13.8 Å². The van der Waals surface area contributed by atoms with Crippen LogP contribution in [0.2, 0.25) is 5.02 Å². The lowest BCUT2D eigenvalue weighted by Gasteiger charge is -2.17. The zero-order valence-corrected chi connectivity index (χ0v) is 15.6. The number of fused-ring (bicyclic) bond motifs is 1. The smallest absolute Gasteiger partial charge is 0.266 e. The van der Waals surface area contributed by atoms with Crippen molar-refractivity contribution in [3.05, 3.63) is 93.0 Å². The number of halogens is 2. The molecule has 0 radical (unpaired) electrons. The summed E-state index contributed by atoms with van der Waals surface area (Å²) < 4.78 is 15.3. The summed E-state index contributed by atoms with van der Waals surface area (Å²) in [5.41, 5.74) is 3.41. The maximum absolute atomic E-state index is 13.7. The monoisotopic (exact) mass is 378 g/mol. The fourth-order valence-electron chi connectivity index (χ4n) is 3.26. The van der Waals surface area contributed by atoms with Crippen LogP contribution in [0.25, 0.3) is 28.0 Å². The van der Waals surface area contributed by atoms with Gasteiger partial charge >= 0.3 is 0 Å². The first kappa shape index (κ1) is 17.4. The molecule has 0 aliphatic heterocycles. The Morgan fingerprint density at radius 2 is 1.78 bits per heavy atom. The number of rotatable bonds is 2. The number of benzene rings is 3. The second kappa shape index (κ2) is 6.63. The lowest BCUT2D eigenvalue weighted by Crippen LogP contribution is -2.23. The molecule has 0 spiro atoms. The molecule has 0 fully saturated rings. The molecule has 0 atom stereocenters. The quantitative estimate of drug-likeness (QED) is 0.464. The van der Waals surface area contributed by atoms with E-state index in [0.29, 0.717) is 27.3 Å². The Balaban J connectivity index is 2.17.